The van der Waals surface area contributed by atoms with Gasteiger partial charge in [-0.25, -0.2) is 4.79 Å². The van der Waals surface area contributed by atoms with Crippen LogP contribution in [0, 0.1) is 0 Å². The Bertz CT molecular complexity index is 1330. The maximum absolute atomic E-state index is 13.8. The highest BCUT2D eigenvalue weighted by atomic mass is 16.6. The van der Waals surface area contributed by atoms with Crippen LogP contribution in [-0.4, -0.2) is 23.0 Å². The zero-order valence-electron chi connectivity index (χ0n) is 21.7. The average Bonchev–Trinajstić information content (AvgIpc) is 3.28. The van der Waals surface area contributed by atoms with Gasteiger partial charge in [-0.2, -0.15) is 0 Å². The molecule has 5 heteroatoms. The van der Waals surface area contributed by atoms with Gasteiger partial charge in [-0.1, -0.05) is 71.9 Å². The monoisotopic (exact) mass is 483 g/mol. The highest BCUT2D eigenvalue weighted by molar-refractivity contribution is 6.18. The lowest BCUT2D eigenvalue weighted by molar-refractivity contribution is -0.111. The molecule has 0 saturated carbocycles. The number of fused-ring (bicyclic) bond motifs is 1. The fraction of sp³-hybridized carbons (Fsp3) is 0.355. The molecule has 2 unspecified atom stereocenters. The van der Waals surface area contributed by atoms with Gasteiger partial charge in [0, 0.05) is 28.2 Å². The van der Waals surface area contributed by atoms with Crippen LogP contribution in [-0.2, 0) is 20.4 Å². The van der Waals surface area contributed by atoms with Gasteiger partial charge in [-0.15, -0.1) is 0 Å². The van der Waals surface area contributed by atoms with Crippen molar-refractivity contribution in [2.24, 2.45) is 0 Å². The Balaban J connectivity index is 1.69. The lowest BCUT2D eigenvalue weighted by atomic mass is 9.78. The standard InChI is InChI=1S/C31H33NO4/c1-30(2,3)22-13-17(14-23(28(22)34)31(4,5)6)12-21-26(18-10-8-7-9-11-18)19-15-24-25(36-29(35)32-24)16-20(19)27(21)33/h7-14,16,24,26,34H,15H2,1-6H3,(H,32,35). The summed E-state index contributed by atoms with van der Waals surface area (Å²) in [6.45, 7) is 12.5. The van der Waals surface area contributed by atoms with Gasteiger partial charge in [0.2, 0.25) is 0 Å². The lowest BCUT2D eigenvalue weighted by Gasteiger charge is -2.28. The number of benzene rings is 2. The van der Waals surface area contributed by atoms with Crippen molar-refractivity contribution in [2.75, 3.05) is 0 Å². The van der Waals surface area contributed by atoms with E-state index in [-0.39, 0.29) is 28.6 Å². The third-order valence-corrected chi connectivity index (χ3v) is 7.27. The molecule has 0 bridgehead atoms. The summed E-state index contributed by atoms with van der Waals surface area (Å²) in [6.07, 6.45) is 3.78. The molecule has 1 saturated heterocycles. The number of alkyl carbamates (subject to hydrolysis) is 1. The number of carbonyl (C=O) groups excluding carboxylic acids is 2. The van der Waals surface area contributed by atoms with Crippen molar-refractivity contribution in [1.82, 2.24) is 5.32 Å². The molecule has 1 fully saturated rings. The Labute approximate surface area is 212 Å². The Hall–Kier alpha value is -3.60. The van der Waals surface area contributed by atoms with Crippen molar-refractivity contribution in [3.63, 3.8) is 0 Å². The number of hydrogen-bond acceptors (Lipinski definition) is 4. The molecule has 36 heavy (non-hydrogen) atoms. The molecule has 2 atom stereocenters. The first kappa shape index (κ1) is 24.1. The van der Waals surface area contributed by atoms with Crippen LogP contribution in [0.1, 0.15) is 76.1 Å². The molecule has 0 aromatic heterocycles. The number of ketones is 1. The minimum atomic E-state index is -0.472. The van der Waals surface area contributed by atoms with Gasteiger partial charge in [0.25, 0.3) is 0 Å². The number of hydrogen-bond donors (Lipinski definition) is 2. The van der Waals surface area contributed by atoms with Crippen LogP contribution < -0.4 is 5.32 Å². The third-order valence-electron chi connectivity index (χ3n) is 7.27. The number of phenols is 1. The summed E-state index contributed by atoms with van der Waals surface area (Å²) in [5.74, 6) is 0.566. The summed E-state index contributed by atoms with van der Waals surface area (Å²) in [5.41, 5.74) is 5.41. The number of aromatic hydroxyl groups is 1. The van der Waals surface area contributed by atoms with Gasteiger partial charge >= 0.3 is 6.09 Å². The summed E-state index contributed by atoms with van der Waals surface area (Å²) in [7, 11) is 0. The van der Waals surface area contributed by atoms with E-state index in [2.05, 4.69) is 46.9 Å². The van der Waals surface area contributed by atoms with Crippen molar-refractivity contribution >= 4 is 18.0 Å². The molecule has 3 aliphatic rings. The van der Waals surface area contributed by atoms with Crippen molar-refractivity contribution in [3.05, 3.63) is 93.3 Å². The molecule has 0 radical (unpaired) electrons. The van der Waals surface area contributed by atoms with E-state index in [0.717, 1.165) is 27.8 Å². The van der Waals surface area contributed by atoms with E-state index in [4.69, 9.17) is 4.74 Å². The number of nitrogens with one attached hydrogen (secondary N) is 1. The fourth-order valence-electron chi connectivity index (χ4n) is 5.46. The lowest BCUT2D eigenvalue weighted by Crippen LogP contribution is -2.28. The average molecular weight is 484 g/mol. The van der Waals surface area contributed by atoms with Crippen molar-refractivity contribution < 1.29 is 19.4 Å². The first-order valence-electron chi connectivity index (χ1n) is 12.5. The van der Waals surface area contributed by atoms with Crippen LogP contribution in [0.4, 0.5) is 4.79 Å². The largest absolute Gasteiger partial charge is 0.507 e. The van der Waals surface area contributed by atoms with Gasteiger partial charge in [-0.05, 0) is 58.2 Å². The van der Waals surface area contributed by atoms with Crippen LogP contribution in [0.25, 0.3) is 6.08 Å². The van der Waals surface area contributed by atoms with E-state index >= 15 is 0 Å². The van der Waals surface area contributed by atoms with E-state index in [1.807, 2.05) is 48.5 Å². The molecular formula is C31H33NO4. The van der Waals surface area contributed by atoms with Gasteiger partial charge in [0.15, 0.2) is 5.78 Å². The Morgan fingerprint density at radius 2 is 1.58 bits per heavy atom. The van der Waals surface area contributed by atoms with E-state index in [9.17, 15) is 14.7 Å². The van der Waals surface area contributed by atoms with E-state index in [1.54, 1.807) is 6.08 Å². The quantitative estimate of drug-likeness (QED) is 0.483. The molecule has 2 N–H and O–H groups in total. The zero-order valence-corrected chi connectivity index (χ0v) is 21.7. The highest BCUT2D eigenvalue weighted by Gasteiger charge is 2.44. The van der Waals surface area contributed by atoms with Crippen molar-refractivity contribution in [3.8, 4) is 5.75 Å². The van der Waals surface area contributed by atoms with Crippen LogP contribution >= 0.6 is 0 Å². The van der Waals surface area contributed by atoms with E-state index in [1.165, 1.54) is 0 Å². The second kappa shape index (κ2) is 8.22. The molecule has 1 heterocycles. The summed E-state index contributed by atoms with van der Waals surface area (Å²) < 4.78 is 5.31. The Morgan fingerprint density at radius 1 is 0.972 bits per heavy atom. The SMILES string of the molecule is CC(C)(C)c1cc(C=C2C(=O)C3=C(CC4NC(=O)OC4=C3)C2c2ccccc2)cc(C(C)(C)C)c1O. The second-order valence-electron chi connectivity index (χ2n) is 12.0. The first-order chi connectivity index (χ1) is 16.8. The molecule has 2 aromatic carbocycles. The molecule has 5 nitrogen and oxygen atoms in total. The molecule has 186 valence electrons. The fourth-order valence-corrected chi connectivity index (χ4v) is 5.46. The third kappa shape index (κ3) is 4.06. The first-order valence-corrected chi connectivity index (χ1v) is 12.5. The van der Waals surface area contributed by atoms with Gasteiger partial charge in [-0.3, -0.25) is 4.79 Å². The summed E-state index contributed by atoms with van der Waals surface area (Å²) in [6, 6.07) is 13.8. The number of phenolic OH excluding ortho intramolecular Hbond substituents is 1. The highest BCUT2D eigenvalue weighted by Crippen LogP contribution is 2.49. The Morgan fingerprint density at radius 3 is 2.17 bits per heavy atom. The van der Waals surface area contributed by atoms with Crippen LogP contribution in [0.3, 0.4) is 0 Å². The molecule has 1 aliphatic heterocycles. The van der Waals surface area contributed by atoms with Crippen LogP contribution in [0.15, 0.2) is 71.0 Å². The predicted octanol–water partition coefficient (Wildman–Crippen LogP) is 6.43. The normalized spacial score (nSPS) is 22.8. The van der Waals surface area contributed by atoms with Gasteiger partial charge in [0.05, 0.1) is 6.04 Å². The van der Waals surface area contributed by atoms with Crippen LogP contribution in [0.5, 0.6) is 5.75 Å². The number of amides is 1. The van der Waals surface area contributed by atoms with Crippen molar-refractivity contribution in [1.29, 1.82) is 0 Å². The second-order valence-corrected chi connectivity index (χ2v) is 12.0. The predicted molar refractivity (Wildman–Crippen MR) is 141 cm³/mol. The van der Waals surface area contributed by atoms with E-state index in [0.29, 0.717) is 29.1 Å². The summed E-state index contributed by atoms with van der Waals surface area (Å²) in [4.78, 5) is 25.7. The minimum absolute atomic E-state index is 0.0459. The van der Waals surface area contributed by atoms with Crippen molar-refractivity contribution in [2.45, 2.75) is 70.8 Å². The number of carbonyl (C=O) groups is 2. The molecule has 1 amide bonds. The summed E-state index contributed by atoms with van der Waals surface area (Å²) in [5, 5.41) is 14.0. The molecule has 5 rings (SSSR count). The van der Waals surface area contributed by atoms with Gasteiger partial charge < -0.3 is 15.2 Å². The topological polar surface area (TPSA) is 75.6 Å². The maximum atomic E-state index is 13.8. The number of rotatable bonds is 2. The van der Waals surface area contributed by atoms with Gasteiger partial charge in [0.1, 0.15) is 11.5 Å². The van der Waals surface area contributed by atoms with E-state index < -0.39 is 6.09 Å². The Kier molecular flexibility index (Phi) is 5.51. The maximum Gasteiger partial charge on any atom is 0.412 e. The number of allylic oxidation sites excluding steroid dienone is 3. The molecule has 2 aliphatic carbocycles. The number of Topliss-reactive ketones (excluding diaryl/α,β-unsaturated/α-hetero) is 1. The minimum Gasteiger partial charge on any atom is -0.507 e. The molecular weight excluding hydrogens is 450 g/mol. The smallest absolute Gasteiger partial charge is 0.412 e. The zero-order chi connectivity index (χ0) is 26.0. The molecule has 2 aromatic rings. The van der Waals surface area contributed by atoms with Crippen LogP contribution in [0.2, 0.25) is 0 Å². The summed E-state index contributed by atoms with van der Waals surface area (Å²) >= 11 is 0. The number of ether oxygens (including phenoxy) is 1. The molecule has 0 spiro atoms.